The fourth-order valence-corrected chi connectivity index (χ4v) is 5.22. The van der Waals surface area contributed by atoms with E-state index in [1.54, 1.807) is 34.4 Å². The average molecular weight is 314 g/mol. The lowest BCUT2D eigenvalue weighted by atomic mass is 10.5. The smallest absolute Gasteiger partial charge is 0.186 e. The average Bonchev–Trinajstić information content (AvgIpc) is 3.05. The highest BCUT2D eigenvalue weighted by Crippen LogP contribution is 2.53. The van der Waals surface area contributed by atoms with E-state index in [0.29, 0.717) is 26.4 Å². The Labute approximate surface area is 122 Å². The normalized spacial score (nSPS) is 16.4. The molecule has 0 bridgehead atoms. The zero-order valence-corrected chi connectivity index (χ0v) is 12.3. The number of rotatable bonds is 2. The van der Waals surface area contributed by atoms with Gasteiger partial charge in [-0.1, -0.05) is 11.8 Å². The summed E-state index contributed by atoms with van der Waals surface area (Å²) in [5.41, 5.74) is 0. The molecule has 19 heavy (non-hydrogen) atoms. The highest BCUT2D eigenvalue weighted by Gasteiger charge is 2.24. The predicted octanol–water partition coefficient (Wildman–Crippen LogP) is 3.50. The molecule has 2 aromatic rings. The van der Waals surface area contributed by atoms with Gasteiger partial charge in [-0.15, -0.1) is 22.7 Å². The maximum Gasteiger partial charge on any atom is 0.186 e. The maximum atomic E-state index is 5.68. The second-order valence-electron chi connectivity index (χ2n) is 3.93. The summed E-state index contributed by atoms with van der Waals surface area (Å²) in [7, 11) is 0. The molecule has 0 saturated heterocycles. The fraction of sp³-hybridized carbons (Fsp3) is 0.333. The summed E-state index contributed by atoms with van der Waals surface area (Å²) in [5, 5.41) is 3.99. The molecule has 4 nitrogen and oxygen atoms in total. The van der Waals surface area contributed by atoms with E-state index in [0.717, 1.165) is 31.4 Å². The second kappa shape index (κ2) is 4.81. The first-order valence-electron chi connectivity index (χ1n) is 5.84. The Balaban J connectivity index is 1.64. The molecular formula is C12H10O4S3. The quantitative estimate of drug-likeness (QED) is 0.848. The molecule has 0 atom stereocenters. The Morgan fingerprint density at radius 1 is 0.737 bits per heavy atom. The first-order valence-corrected chi connectivity index (χ1v) is 8.41. The van der Waals surface area contributed by atoms with E-state index >= 15 is 0 Å². The van der Waals surface area contributed by atoms with Gasteiger partial charge in [-0.3, -0.25) is 0 Å². The molecule has 4 heterocycles. The van der Waals surface area contributed by atoms with E-state index in [9.17, 15) is 0 Å². The molecule has 7 heteroatoms. The highest BCUT2D eigenvalue weighted by atomic mass is 32.2. The molecule has 2 aromatic heterocycles. The minimum atomic E-state index is 0.611. The summed E-state index contributed by atoms with van der Waals surface area (Å²) in [5.74, 6) is 3.42. The third kappa shape index (κ3) is 2.05. The van der Waals surface area contributed by atoms with Crippen molar-refractivity contribution in [3.8, 4) is 23.0 Å². The SMILES string of the molecule is c1sc(Sc2scc3c2OCCO3)c2c1OCCO2. The van der Waals surface area contributed by atoms with Crippen LogP contribution in [0.15, 0.2) is 19.2 Å². The molecule has 0 radical (unpaired) electrons. The lowest BCUT2D eigenvalue weighted by Gasteiger charge is -2.17. The van der Waals surface area contributed by atoms with Crippen molar-refractivity contribution in [3.63, 3.8) is 0 Å². The van der Waals surface area contributed by atoms with Gasteiger partial charge in [-0.25, -0.2) is 0 Å². The number of ether oxygens (including phenoxy) is 4. The summed E-state index contributed by atoms with van der Waals surface area (Å²) in [6.07, 6.45) is 0. The van der Waals surface area contributed by atoms with Crippen molar-refractivity contribution < 1.29 is 18.9 Å². The van der Waals surface area contributed by atoms with Crippen LogP contribution in [0.4, 0.5) is 0 Å². The van der Waals surface area contributed by atoms with Crippen molar-refractivity contribution in [2.75, 3.05) is 26.4 Å². The number of thiophene rings is 2. The Morgan fingerprint density at radius 3 is 1.74 bits per heavy atom. The maximum absolute atomic E-state index is 5.68. The third-order valence-corrected chi connectivity index (χ3v) is 6.01. The van der Waals surface area contributed by atoms with Crippen LogP contribution in [-0.4, -0.2) is 26.4 Å². The van der Waals surface area contributed by atoms with Gasteiger partial charge in [0.1, 0.15) is 34.8 Å². The summed E-state index contributed by atoms with van der Waals surface area (Å²) in [4.78, 5) is 0. The van der Waals surface area contributed by atoms with Gasteiger partial charge in [0, 0.05) is 10.8 Å². The minimum absolute atomic E-state index is 0.611. The number of hydrogen-bond acceptors (Lipinski definition) is 7. The summed E-state index contributed by atoms with van der Waals surface area (Å²) in [6.45, 7) is 2.47. The van der Waals surface area contributed by atoms with E-state index in [2.05, 4.69) is 0 Å². The van der Waals surface area contributed by atoms with Crippen molar-refractivity contribution in [1.29, 1.82) is 0 Å². The first kappa shape index (κ1) is 11.7. The molecule has 0 amide bonds. The van der Waals surface area contributed by atoms with Crippen molar-refractivity contribution in [1.82, 2.24) is 0 Å². The number of hydrogen-bond donors (Lipinski definition) is 0. The van der Waals surface area contributed by atoms with E-state index in [1.165, 1.54) is 0 Å². The van der Waals surface area contributed by atoms with Gasteiger partial charge >= 0.3 is 0 Å². The number of fused-ring (bicyclic) bond motifs is 2. The molecule has 0 fully saturated rings. The van der Waals surface area contributed by atoms with Crippen LogP contribution in [0.2, 0.25) is 0 Å². The predicted molar refractivity (Wildman–Crippen MR) is 74.7 cm³/mol. The van der Waals surface area contributed by atoms with Gasteiger partial charge < -0.3 is 18.9 Å². The van der Waals surface area contributed by atoms with Crippen LogP contribution >= 0.6 is 34.4 Å². The van der Waals surface area contributed by atoms with Crippen LogP contribution in [0.5, 0.6) is 23.0 Å². The standard InChI is InChI=1S/C12H10O4S3/c1-3-15-9-7(13-1)5-17-11(9)19-12-10-8(6-18-12)14-2-4-16-10/h5-6H,1-4H2. The largest absolute Gasteiger partial charge is 0.485 e. The minimum Gasteiger partial charge on any atom is -0.485 e. The van der Waals surface area contributed by atoms with Crippen molar-refractivity contribution in [2.24, 2.45) is 0 Å². The lowest BCUT2D eigenvalue weighted by Crippen LogP contribution is -2.14. The lowest BCUT2D eigenvalue weighted by molar-refractivity contribution is 0.169. The molecule has 0 saturated carbocycles. The van der Waals surface area contributed by atoms with Gasteiger partial charge in [0.2, 0.25) is 0 Å². The van der Waals surface area contributed by atoms with Crippen LogP contribution in [0.1, 0.15) is 0 Å². The monoisotopic (exact) mass is 314 g/mol. The van der Waals surface area contributed by atoms with E-state index in [4.69, 9.17) is 18.9 Å². The molecule has 0 aliphatic carbocycles. The van der Waals surface area contributed by atoms with Crippen molar-refractivity contribution in [2.45, 2.75) is 8.42 Å². The highest BCUT2D eigenvalue weighted by molar-refractivity contribution is 8.03. The Bertz CT molecular complexity index is 552. The second-order valence-corrected chi connectivity index (χ2v) is 7.23. The van der Waals surface area contributed by atoms with Gasteiger partial charge in [0.05, 0.1) is 0 Å². The van der Waals surface area contributed by atoms with Crippen molar-refractivity contribution in [3.05, 3.63) is 10.8 Å². The summed E-state index contributed by atoms with van der Waals surface area (Å²) in [6, 6.07) is 0. The summed E-state index contributed by atoms with van der Waals surface area (Å²) >= 11 is 4.93. The van der Waals surface area contributed by atoms with Gasteiger partial charge in [-0.2, -0.15) is 0 Å². The molecule has 100 valence electrons. The van der Waals surface area contributed by atoms with E-state index < -0.39 is 0 Å². The van der Waals surface area contributed by atoms with Gasteiger partial charge in [0.15, 0.2) is 23.0 Å². The first-order chi connectivity index (χ1) is 9.42. The Hall–Kier alpha value is -1.05. The molecule has 2 aliphatic rings. The van der Waals surface area contributed by atoms with Gasteiger partial charge in [-0.05, 0) is 0 Å². The molecule has 4 rings (SSSR count). The van der Waals surface area contributed by atoms with E-state index in [-0.39, 0.29) is 0 Å². The van der Waals surface area contributed by atoms with E-state index in [1.807, 2.05) is 10.8 Å². The van der Waals surface area contributed by atoms with Crippen LogP contribution in [0, 0.1) is 0 Å². The Kier molecular flexibility index (Phi) is 2.97. The van der Waals surface area contributed by atoms with Gasteiger partial charge in [0.25, 0.3) is 0 Å². The summed E-state index contributed by atoms with van der Waals surface area (Å²) < 4.78 is 24.7. The fourth-order valence-electron chi connectivity index (χ4n) is 1.90. The van der Waals surface area contributed by atoms with Crippen LogP contribution < -0.4 is 18.9 Å². The zero-order valence-electron chi connectivity index (χ0n) is 9.84. The van der Waals surface area contributed by atoms with Crippen LogP contribution in [-0.2, 0) is 0 Å². The third-order valence-electron chi connectivity index (χ3n) is 2.72. The molecule has 0 N–H and O–H groups in total. The topological polar surface area (TPSA) is 36.9 Å². The molecule has 0 spiro atoms. The molecule has 0 aromatic carbocycles. The molecule has 0 unspecified atom stereocenters. The molecular weight excluding hydrogens is 304 g/mol. The molecule has 2 aliphatic heterocycles. The van der Waals surface area contributed by atoms with Crippen LogP contribution in [0.25, 0.3) is 0 Å². The van der Waals surface area contributed by atoms with Crippen molar-refractivity contribution >= 4 is 34.4 Å². The Morgan fingerprint density at radius 2 is 1.21 bits per heavy atom. The zero-order chi connectivity index (χ0) is 12.7. The van der Waals surface area contributed by atoms with Crippen LogP contribution in [0.3, 0.4) is 0 Å².